The Balaban J connectivity index is 2.33. The number of ether oxygens (including phenoxy) is 1. The smallest absolute Gasteiger partial charge is 0.407 e. The normalized spacial score (nSPS) is 12.9. The fourth-order valence-corrected chi connectivity index (χ4v) is 1.89. The number of carbonyl (C=O) groups is 1. The summed E-state index contributed by atoms with van der Waals surface area (Å²) in [5.41, 5.74) is 0.338. The quantitative estimate of drug-likeness (QED) is 0.627. The first-order chi connectivity index (χ1) is 10.8. The Labute approximate surface area is 137 Å². The lowest BCUT2D eigenvalue weighted by Crippen LogP contribution is -2.42. The molecule has 1 heterocycles. The Morgan fingerprint density at radius 2 is 2.22 bits per heavy atom. The molecule has 0 bridgehead atoms. The highest BCUT2D eigenvalue weighted by Crippen LogP contribution is 2.06. The van der Waals surface area contributed by atoms with Gasteiger partial charge in [0.2, 0.25) is 0 Å². The average Bonchev–Trinajstić information content (AvgIpc) is 2.91. The monoisotopic (exact) mass is 327 g/mol. The number of nitrogens with one attached hydrogen (secondary N) is 2. The van der Waals surface area contributed by atoms with Crippen LogP contribution >= 0.6 is 0 Å². The molecule has 1 atom stereocenters. The van der Waals surface area contributed by atoms with Gasteiger partial charge in [0.15, 0.2) is 0 Å². The van der Waals surface area contributed by atoms with Crippen molar-refractivity contribution in [2.45, 2.75) is 65.3 Å². The van der Waals surface area contributed by atoms with Crippen LogP contribution in [-0.4, -0.2) is 51.0 Å². The summed E-state index contributed by atoms with van der Waals surface area (Å²) in [6.45, 7) is 9.42. The van der Waals surface area contributed by atoms with Crippen molar-refractivity contribution in [1.82, 2.24) is 25.6 Å². The van der Waals surface area contributed by atoms with Crippen molar-refractivity contribution in [2.75, 3.05) is 13.2 Å². The fourth-order valence-electron chi connectivity index (χ4n) is 1.89. The Hall–Kier alpha value is -1.67. The Kier molecular flexibility index (Phi) is 7.97. The van der Waals surface area contributed by atoms with Crippen molar-refractivity contribution >= 4 is 6.09 Å². The third-order valence-electron chi connectivity index (χ3n) is 3.09. The van der Waals surface area contributed by atoms with Crippen LogP contribution in [0.2, 0.25) is 0 Å². The first kappa shape index (κ1) is 19.4. The Morgan fingerprint density at radius 3 is 2.83 bits per heavy atom. The highest BCUT2D eigenvalue weighted by atomic mass is 16.6. The summed E-state index contributed by atoms with van der Waals surface area (Å²) in [7, 11) is 0. The van der Waals surface area contributed by atoms with E-state index in [9.17, 15) is 4.79 Å². The number of amides is 1. The zero-order valence-electron chi connectivity index (χ0n) is 14.5. The van der Waals surface area contributed by atoms with Crippen molar-refractivity contribution in [3.63, 3.8) is 0 Å². The molecule has 1 unspecified atom stereocenters. The topological polar surface area (TPSA) is 101 Å². The predicted octanol–water partition coefficient (Wildman–Crippen LogP) is 1.05. The van der Waals surface area contributed by atoms with E-state index in [0.29, 0.717) is 26.1 Å². The van der Waals surface area contributed by atoms with Crippen molar-refractivity contribution < 1.29 is 14.6 Å². The number of hydrogen-bond donors (Lipinski definition) is 3. The second-order valence-corrected chi connectivity index (χ2v) is 6.42. The zero-order valence-corrected chi connectivity index (χ0v) is 14.5. The maximum absolute atomic E-state index is 11.6. The van der Waals surface area contributed by atoms with E-state index in [2.05, 4.69) is 20.9 Å². The molecule has 8 nitrogen and oxygen atoms in total. The minimum atomic E-state index is -0.494. The van der Waals surface area contributed by atoms with Gasteiger partial charge in [0.1, 0.15) is 5.60 Å². The van der Waals surface area contributed by atoms with Gasteiger partial charge >= 0.3 is 6.09 Å². The van der Waals surface area contributed by atoms with Crippen molar-refractivity contribution in [3.05, 3.63) is 11.9 Å². The maximum atomic E-state index is 11.6. The van der Waals surface area contributed by atoms with Crippen molar-refractivity contribution in [3.8, 4) is 0 Å². The van der Waals surface area contributed by atoms with Gasteiger partial charge in [-0.25, -0.2) is 4.79 Å². The van der Waals surface area contributed by atoms with E-state index in [4.69, 9.17) is 9.84 Å². The summed E-state index contributed by atoms with van der Waals surface area (Å²) in [4.78, 5) is 11.6. The maximum Gasteiger partial charge on any atom is 0.407 e. The van der Waals surface area contributed by atoms with E-state index in [0.717, 1.165) is 12.1 Å². The van der Waals surface area contributed by atoms with E-state index < -0.39 is 11.7 Å². The molecule has 0 aliphatic heterocycles. The molecule has 1 amide bonds. The van der Waals surface area contributed by atoms with Crippen LogP contribution in [0.3, 0.4) is 0 Å². The molecular formula is C15H29N5O3. The van der Waals surface area contributed by atoms with Gasteiger partial charge in [-0.15, -0.1) is 5.10 Å². The van der Waals surface area contributed by atoms with E-state index >= 15 is 0 Å². The molecule has 0 fully saturated rings. The lowest BCUT2D eigenvalue weighted by Gasteiger charge is -2.22. The predicted molar refractivity (Wildman–Crippen MR) is 86.9 cm³/mol. The van der Waals surface area contributed by atoms with Crippen LogP contribution in [0, 0.1) is 0 Å². The largest absolute Gasteiger partial charge is 0.444 e. The molecule has 1 aromatic heterocycles. The summed E-state index contributed by atoms with van der Waals surface area (Å²) in [5.74, 6) is 0. The van der Waals surface area contributed by atoms with Gasteiger partial charge < -0.3 is 20.5 Å². The number of carbonyl (C=O) groups excluding carboxylic acids is 1. The molecule has 0 radical (unpaired) electrons. The number of alkyl carbamates (subject to hydrolysis) is 1. The van der Waals surface area contributed by atoms with Gasteiger partial charge in [-0.3, -0.25) is 4.68 Å². The lowest BCUT2D eigenvalue weighted by atomic mass is 10.2. The number of aromatic nitrogens is 3. The minimum Gasteiger partial charge on any atom is -0.444 e. The molecule has 0 aromatic carbocycles. The van der Waals surface area contributed by atoms with Crippen LogP contribution in [-0.2, 0) is 17.8 Å². The third kappa shape index (κ3) is 8.51. The Morgan fingerprint density at radius 1 is 1.48 bits per heavy atom. The third-order valence-corrected chi connectivity index (χ3v) is 3.09. The average molecular weight is 327 g/mol. The molecule has 0 saturated heterocycles. The number of aliphatic hydroxyl groups excluding tert-OH is 1. The number of hydrogen-bond acceptors (Lipinski definition) is 6. The fraction of sp³-hybridized carbons (Fsp3) is 0.800. The van der Waals surface area contributed by atoms with Crippen LogP contribution in [0.5, 0.6) is 0 Å². The zero-order chi connectivity index (χ0) is 17.3. The van der Waals surface area contributed by atoms with Gasteiger partial charge in [0, 0.05) is 38.5 Å². The summed E-state index contributed by atoms with van der Waals surface area (Å²) in [5, 5.41) is 23.0. The van der Waals surface area contributed by atoms with Crippen LogP contribution in [0.1, 0.15) is 46.2 Å². The highest BCUT2D eigenvalue weighted by molar-refractivity contribution is 5.67. The highest BCUT2D eigenvalue weighted by Gasteiger charge is 2.17. The molecule has 23 heavy (non-hydrogen) atoms. The summed E-state index contributed by atoms with van der Waals surface area (Å²) in [6.07, 6.45) is 2.98. The molecule has 0 aliphatic carbocycles. The van der Waals surface area contributed by atoms with E-state index in [-0.39, 0.29) is 12.6 Å². The number of rotatable bonds is 9. The van der Waals surface area contributed by atoms with Gasteiger partial charge in [0.25, 0.3) is 0 Å². The number of aryl methyl sites for hydroxylation is 1. The summed E-state index contributed by atoms with van der Waals surface area (Å²) >= 11 is 0. The number of nitrogens with zero attached hydrogens (tertiary/aromatic N) is 3. The lowest BCUT2D eigenvalue weighted by molar-refractivity contribution is 0.0522. The van der Waals surface area contributed by atoms with Crippen LogP contribution in [0.4, 0.5) is 4.79 Å². The molecule has 0 saturated carbocycles. The number of aliphatic hydroxyl groups is 1. The standard InChI is InChI=1S/C15H29N5O3/c1-5-12(9-17-14(22)23-15(2,3)4)16-10-13-11-20(19-18-13)7-6-8-21/h11-12,16,21H,5-10H2,1-4H3,(H,17,22). The second kappa shape index (κ2) is 9.46. The summed E-state index contributed by atoms with van der Waals surface area (Å²) < 4.78 is 6.93. The second-order valence-electron chi connectivity index (χ2n) is 6.42. The van der Waals surface area contributed by atoms with Gasteiger partial charge in [-0.05, 0) is 33.6 Å². The molecule has 1 rings (SSSR count). The van der Waals surface area contributed by atoms with Gasteiger partial charge in [0.05, 0.1) is 5.69 Å². The van der Waals surface area contributed by atoms with E-state index in [1.165, 1.54) is 0 Å². The molecular weight excluding hydrogens is 298 g/mol. The van der Waals surface area contributed by atoms with Gasteiger partial charge in [-0.1, -0.05) is 12.1 Å². The molecule has 1 aromatic rings. The van der Waals surface area contributed by atoms with E-state index in [1.54, 1.807) is 4.68 Å². The molecule has 3 N–H and O–H groups in total. The first-order valence-electron chi connectivity index (χ1n) is 8.04. The molecule has 0 spiro atoms. The molecule has 0 aliphatic rings. The van der Waals surface area contributed by atoms with Crippen LogP contribution in [0.15, 0.2) is 6.20 Å². The minimum absolute atomic E-state index is 0.130. The van der Waals surface area contributed by atoms with Crippen molar-refractivity contribution in [2.24, 2.45) is 0 Å². The molecule has 132 valence electrons. The Bertz CT molecular complexity index is 470. The first-order valence-corrected chi connectivity index (χ1v) is 8.04. The molecule has 8 heteroatoms. The SMILES string of the molecule is CCC(CNC(=O)OC(C)(C)C)NCc1cn(CCCO)nn1. The van der Waals surface area contributed by atoms with Crippen molar-refractivity contribution in [1.29, 1.82) is 0 Å². The summed E-state index contributed by atoms with van der Waals surface area (Å²) in [6, 6.07) is 0.130. The van der Waals surface area contributed by atoms with E-state index in [1.807, 2.05) is 33.9 Å². The van der Waals surface area contributed by atoms with Gasteiger partial charge in [-0.2, -0.15) is 0 Å². The van der Waals surface area contributed by atoms with Crippen LogP contribution < -0.4 is 10.6 Å². The van der Waals surface area contributed by atoms with Crippen LogP contribution in [0.25, 0.3) is 0 Å².